The predicted molar refractivity (Wildman–Crippen MR) is 28.2 cm³/mol. The maximum Gasteiger partial charge on any atom is 0.399 e. The molecule has 1 heterocycles. The van der Waals surface area contributed by atoms with Crippen molar-refractivity contribution in [1.29, 1.82) is 0 Å². The molecule has 10 heavy (non-hydrogen) atoms. The molecular formula is C6H4F3O. The summed E-state index contributed by atoms with van der Waals surface area (Å²) < 4.78 is 38.9. The molecule has 0 saturated carbocycles. The van der Waals surface area contributed by atoms with Crippen LogP contribution in [0.3, 0.4) is 0 Å². The van der Waals surface area contributed by atoms with E-state index < -0.39 is 6.18 Å². The van der Waals surface area contributed by atoms with Gasteiger partial charge in [0.25, 0.3) is 0 Å². The average molecular weight is 149 g/mol. The Kier molecular flexibility index (Phi) is 1.70. The highest BCUT2D eigenvalue weighted by Crippen LogP contribution is 2.23. The van der Waals surface area contributed by atoms with Crippen LogP contribution in [0.15, 0.2) is 22.8 Å². The zero-order chi connectivity index (χ0) is 7.61. The van der Waals surface area contributed by atoms with E-state index in [-0.39, 0.29) is 12.2 Å². The lowest BCUT2D eigenvalue weighted by molar-refractivity contribution is -0.0945. The predicted octanol–water partition coefficient (Wildman–Crippen LogP) is 2.39. The molecule has 1 aromatic heterocycles. The second-order valence-electron chi connectivity index (χ2n) is 1.70. The molecular weight excluding hydrogens is 145 g/mol. The van der Waals surface area contributed by atoms with Gasteiger partial charge in [0.2, 0.25) is 0 Å². The van der Waals surface area contributed by atoms with E-state index in [0.29, 0.717) is 0 Å². The first-order valence-corrected chi connectivity index (χ1v) is 2.54. The van der Waals surface area contributed by atoms with E-state index >= 15 is 0 Å². The van der Waals surface area contributed by atoms with Gasteiger partial charge < -0.3 is 4.42 Å². The summed E-state index contributed by atoms with van der Waals surface area (Å²) in [6.45, 7) is 0. The summed E-state index contributed by atoms with van der Waals surface area (Å²) in [6, 6.07) is 2.64. The summed E-state index contributed by atoms with van der Waals surface area (Å²) in [5, 5.41) is 0. The first-order chi connectivity index (χ1) is 4.58. The lowest BCUT2D eigenvalue weighted by atomic mass is 10.3. The fourth-order valence-corrected chi connectivity index (χ4v) is 0.535. The van der Waals surface area contributed by atoms with Gasteiger partial charge in [-0.3, -0.25) is 0 Å². The van der Waals surface area contributed by atoms with Crippen molar-refractivity contribution < 1.29 is 17.6 Å². The lowest BCUT2D eigenvalue weighted by Crippen LogP contribution is -2.07. The van der Waals surface area contributed by atoms with Crippen LogP contribution in [0.2, 0.25) is 0 Å². The normalized spacial score (nSPS) is 11.9. The number of hydrogen-bond acceptors (Lipinski definition) is 1. The molecule has 0 aromatic carbocycles. The fraction of sp³-hybridized carbons (Fsp3) is 0.167. The summed E-state index contributed by atoms with van der Waals surface area (Å²) >= 11 is 0. The average Bonchev–Trinajstić information content (AvgIpc) is 2.12. The van der Waals surface area contributed by atoms with Crippen LogP contribution in [-0.2, 0) is 0 Å². The molecule has 0 bridgehead atoms. The van der Waals surface area contributed by atoms with E-state index in [4.69, 9.17) is 0 Å². The van der Waals surface area contributed by atoms with Gasteiger partial charge in [-0.05, 0) is 12.1 Å². The second kappa shape index (κ2) is 2.36. The van der Waals surface area contributed by atoms with Gasteiger partial charge in [-0.1, -0.05) is 0 Å². The number of hydrogen-bond donors (Lipinski definition) is 0. The molecule has 0 spiro atoms. The van der Waals surface area contributed by atoms with Gasteiger partial charge in [0.1, 0.15) is 12.2 Å². The largest absolute Gasteiger partial charge is 0.469 e. The van der Waals surface area contributed by atoms with E-state index in [0.717, 1.165) is 0 Å². The van der Waals surface area contributed by atoms with Gasteiger partial charge >= 0.3 is 6.18 Å². The molecule has 0 saturated heterocycles. The van der Waals surface area contributed by atoms with Gasteiger partial charge in [0.05, 0.1) is 6.26 Å². The lowest BCUT2D eigenvalue weighted by Gasteiger charge is -2.00. The third-order valence-electron chi connectivity index (χ3n) is 0.849. The minimum Gasteiger partial charge on any atom is -0.469 e. The van der Waals surface area contributed by atoms with Crippen LogP contribution in [0, 0.1) is 6.42 Å². The molecule has 0 amide bonds. The third-order valence-corrected chi connectivity index (χ3v) is 0.849. The van der Waals surface area contributed by atoms with Crippen LogP contribution in [0.5, 0.6) is 0 Å². The number of furan rings is 1. The Bertz CT molecular complexity index is 187. The Hall–Kier alpha value is -0.930. The SMILES string of the molecule is FC(F)(F)[CH]c1ccco1. The van der Waals surface area contributed by atoms with E-state index in [1.54, 1.807) is 0 Å². The maximum atomic E-state index is 11.5. The minimum atomic E-state index is -4.29. The Labute approximate surface area is 55.5 Å². The molecule has 0 aliphatic rings. The highest BCUT2D eigenvalue weighted by Gasteiger charge is 2.29. The molecule has 0 unspecified atom stereocenters. The quantitative estimate of drug-likeness (QED) is 0.597. The number of rotatable bonds is 1. The zero-order valence-electron chi connectivity index (χ0n) is 4.85. The van der Waals surface area contributed by atoms with Gasteiger partial charge in [0.15, 0.2) is 0 Å². The maximum absolute atomic E-state index is 11.5. The van der Waals surface area contributed by atoms with Gasteiger partial charge in [-0.2, -0.15) is 13.2 Å². The molecule has 1 radical (unpaired) electrons. The summed E-state index contributed by atoms with van der Waals surface area (Å²) in [4.78, 5) is 0. The van der Waals surface area contributed by atoms with Crippen LogP contribution in [-0.4, -0.2) is 6.18 Å². The van der Waals surface area contributed by atoms with Crippen LogP contribution >= 0.6 is 0 Å². The molecule has 0 atom stereocenters. The Morgan fingerprint density at radius 2 is 2.10 bits per heavy atom. The highest BCUT2D eigenvalue weighted by molar-refractivity contribution is 5.11. The summed E-state index contributed by atoms with van der Waals surface area (Å²) in [7, 11) is 0. The Morgan fingerprint density at radius 3 is 2.50 bits per heavy atom. The first kappa shape index (κ1) is 7.18. The molecule has 4 heteroatoms. The van der Waals surface area contributed by atoms with Gasteiger partial charge in [0, 0.05) is 0 Å². The van der Waals surface area contributed by atoms with E-state index in [2.05, 4.69) is 4.42 Å². The third kappa shape index (κ3) is 2.13. The summed E-state index contributed by atoms with van der Waals surface area (Å²) in [5.74, 6) is -0.174. The van der Waals surface area contributed by atoms with Crippen molar-refractivity contribution >= 4 is 0 Å². The summed E-state index contributed by atoms with van der Waals surface area (Å²) in [6.07, 6.45) is -3.00. The topological polar surface area (TPSA) is 13.1 Å². The number of alkyl halides is 3. The van der Waals surface area contributed by atoms with Crippen molar-refractivity contribution in [2.75, 3.05) is 0 Å². The molecule has 0 fully saturated rings. The molecule has 55 valence electrons. The standard InChI is InChI=1S/C6H4F3O/c7-6(8,9)4-5-2-1-3-10-5/h1-4H. The van der Waals surface area contributed by atoms with Crippen LogP contribution in [0.1, 0.15) is 5.76 Å². The second-order valence-corrected chi connectivity index (χ2v) is 1.70. The molecule has 0 N–H and O–H groups in total. The fourth-order valence-electron chi connectivity index (χ4n) is 0.535. The van der Waals surface area contributed by atoms with Gasteiger partial charge in [-0.15, -0.1) is 0 Å². The van der Waals surface area contributed by atoms with Crippen LogP contribution in [0.25, 0.3) is 0 Å². The van der Waals surface area contributed by atoms with Crippen molar-refractivity contribution in [2.24, 2.45) is 0 Å². The Balaban J connectivity index is 2.57. The zero-order valence-corrected chi connectivity index (χ0v) is 4.85. The minimum absolute atomic E-state index is 0.104. The van der Waals surface area contributed by atoms with E-state index in [9.17, 15) is 13.2 Å². The molecule has 0 aliphatic carbocycles. The van der Waals surface area contributed by atoms with Crippen LogP contribution < -0.4 is 0 Å². The first-order valence-electron chi connectivity index (χ1n) is 2.54. The number of halogens is 3. The van der Waals surface area contributed by atoms with Crippen molar-refractivity contribution in [2.45, 2.75) is 6.18 Å². The summed E-state index contributed by atoms with van der Waals surface area (Å²) in [5.41, 5.74) is 0. The van der Waals surface area contributed by atoms with Crippen molar-refractivity contribution in [3.8, 4) is 0 Å². The van der Waals surface area contributed by atoms with E-state index in [1.165, 1.54) is 18.4 Å². The van der Waals surface area contributed by atoms with Crippen LogP contribution in [0.4, 0.5) is 13.2 Å². The van der Waals surface area contributed by atoms with Crippen molar-refractivity contribution in [1.82, 2.24) is 0 Å². The molecule has 1 nitrogen and oxygen atoms in total. The van der Waals surface area contributed by atoms with Gasteiger partial charge in [-0.25, -0.2) is 0 Å². The molecule has 1 aromatic rings. The monoisotopic (exact) mass is 149 g/mol. The smallest absolute Gasteiger partial charge is 0.399 e. The van der Waals surface area contributed by atoms with E-state index in [1.807, 2.05) is 0 Å². The molecule has 0 aliphatic heterocycles. The molecule has 1 rings (SSSR count). The Morgan fingerprint density at radius 1 is 1.40 bits per heavy atom. The highest BCUT2D eigenvalue weighted by atomic mass is 19.4. The van der Waals surface area contributed by atoms with Crippen molar-refractivity contribution in [3.63, 3.8) is 0 Å². The van der Waals surface area contributed by atoms with Crippen molar-refractivity contribution in [3.05, 3.63) is 30.6 Å².